The first-order valence-corrected chi connectivity index (χ1v) is 12.0. The number of carbonyl (C=O) groups excluding carboxylic acids is 1. The van der Waals surface area contributed by atoms with E-state index in [4.69, 9.17) is 24.0 Å². The monoisotopic (exact) mass is 499 g/mol. The summed E-state index contributed by atoms with van der Waals surface area (Å²) in [6.07, 6.45) is 1.51. The number of hydrogen-bond acceptors (Lipinski definition) is 6. The molecule has 5 rings (SSSR count). The van der Waals surface area contributed by atoms with Crippen molar-refractivity contribution < 1.29 is 23.7 Å². The molecule has 190 valence electrons. The van der Waals surface area contributed by atoms with Crippen LogP contribution in [0, 0.1) is 0 Å². The number of rotatable bonds is 8. The maximum atomic E-state index is 13.7. The van der Waals surface area contributed by atoms with Crippen LogP contribution < -0.4 is 18.9 Å². The minimum Gasteiger partial charge on any atom is -0.493 e. The van der Waals surface area contributed by atoms with Crippen molar-refractivity contribution >= 4 is 5.91 Å². The first-order chi connectivity index (χ1) is 18.1. The highest BCUT2D eigenvalue weighted by atomic mass is 16.6. The number of fused-ring (bicyclic) bond motifs is 1. The van der Waals surface area contributed by atoms with Crippen molar-refractivity contribution in [3.63, 3.8) is 0 Å². The molecule has 0 radical (unpaired) electrons. The Balaban J connectivity index is 1.43. The van der Waals surface area contributed by atoms with Gasteiger partial charge in [-0.25, -0.2) is 0 Å². The normalized spacial score (nSPS) is 14.2. The summed E-state index contributed by atoms with van der Waals surface area (Å²) in [4.78, 5) is 15.4. The van der Waals surface area contributed by atoms with Crippen LogP contribution in [-0.4, -0.2) is 61.1 Å². The summed E-state index contributed by atoms with van der Waals surface area (Å²) in [6, 6.07) is 23.1. The minimum absolute atomic E-state index is 0.161. The molecule has 0 saturated carbocycles. The van der Waals surface area contributed by atoms with Crippen molar-refractivity contribution in [2.24, 2.45) is 0 Å². The molecule has 3 aromatic carbocycles. The highest BCUT2D eigenvalue weighted by molar-refractivity contribution is 5.99. The van der Waals surface area contributed by atoms with E-state index in [0.29, 0.717) is 54.0 Å². The number of para-hydroxylation sites is 2. The predicted molar refractivity (Wildman–Crippen MR) is 140 cm³/mol. The van der Waals surface area contributed by atoms with Gasteiger partial charge in [0.15, 0.2) is 29.1 Å². The number of ether oxygens (including phenoxy) is 4. The molecule has 8 nitrogen and oxygen atoms in total. The molecule has 0 N–H and O–H groups in total. The van der Waals surface area contributed by atoms with E-state index >= 15 is 0 Å². The molecule has 1 aliphatic heterocycles. The molecule has 2 heterocycles. The maximum Gasteiger partial charge on any atom is 0.257 e. The van der Waals surface area contributed by atoms with Crippen LogP contribution in [0.5, 0.6) is 23.0 Å². The Hall–Kier alpha value is -4.46. The number of amides is 1. The molecule has 1 aromatic heterocycles. The van der Waals surface area contributed by atoms with Crippen molar-refractivity contribution in [3.8, 4) is 34.3 Å². The van der Waals surface area contributed by atoms with Gasteiger partial charge in [0.25, 0.3) is 5.91 Å². The Morgan fingerprint density at radius 1 is 1.00 bits per heavy atom. The molecule has 0 bridgehead atoms. The second-order valence-corrected chi connectivity index (χ2v) is 8.83. The van der Waals surface area contributed by atoms with Crippen molar-refractivity contribution in [1.29, 1.82) is 0 Å². The van der Waals surface area contributed by atoms with Crippen molar-refractivity contribution in [2.75, 3.05) is 34.4 Å². The third-order valence-electron chi connectivity index (χ3n) is 6.23. The Labute approximate surface area is 215 Å². The topological polar surface area (TPSA) is 75.1 Å². The molecule has 1 aliphatic rings. The summed E-state index contributed by atoms with van der Waals surface area (Å²) in [5, 5.41) is 4.80. The molecule has 0 unspecified atom stereocenters. The molecule has 1 atom stereocenters. The molecule has 1 amide bonds. The van der Waals surface area contributed by atoms with E-state index < -0.39 is 0 Å². The molecule has 0 aliphatic carbocycles. The number of likely N-dealkylation sites (N-methyl/N-ethyl adjacent to an activating group) is 1. The van der Waals surface area contributed by atoms with E-state index in [9.17, 15) is 4.79 Å². The van der Waals surface area contributed by atoms with Crippen LogP contribution in [0.15, 0.2) is 79.0 Å². The summed E-state index contributed by atoms with van der Waals surface area (Å²) >= 11 is 0. The molecule has 4 aromatic rings. The number of carbonyl (C=O) groups is 1. The third kappa shape index (κ3) is 5.23. The molecule has 0 saturated heterocycles. The van der Waals surface area contributed by atoms with Gasteiger partial charge in [-0.05, 0) is 35.9 Å². The van der Waals surface area contributed by atoms with Gasteiger partial charge >= 0.3 is 0 Å². The van der Waals surface area contributed by atoms with Crippen molar-refractivity contribution in [3.05, 3.63) is 90.1 Å². The van der Waals surface area contributed by atoms with E-state index in [-0.39, 0.29) is 12.0 Å². The van der Waals surface area contributed by atoms with E-state index in [1.807, 2.05) is 72.8 Å². The van der Waals surface area contributed by atoms with E-state index in [1.54, 1.807) is 37.0 Å². The average molecular weight is 500 g/mol. The Kier molecular flexibility index (Phi) is 6.98. The van der Waals surface area contributed by atoms with Gasteiger partial charge < -0.3 is 23.8 Å². The summed E-state index contributed by atoms with van der Waals surface area (Å²) in [7, 11) is 4.93. The lowest BCUT2D eigenvalue weighted by atomic mass is 10.1. The quantitative estimate of drug-likeness (QED) is 0.355. The Bertz CT molecular complexity index is 1390. The van der Waals surface area contributed by atoms with Gasteiger partial charge in [-0.1, -0.05) is 42.5 Å². The molecular weight excluding hydrogens is 470 g/mol. The Morgan fingerprint density at radius 3 is 2.49 bits per heavy atom. The smallest absolute Gasteiger partial charge is 0.257 e. The molecule has 37 heavy (non-hydrogen) atoms. The van der Waals surface area contributed by atoms with Gasteiger partial charge in [0.05, 0.1) is 32.9 Å². The second kappa shape index (κ2) is 10.7. The summed E-state index contributed by atoms with van der Waals surface area (Å²) in [6.45, 7) is 1.27. The first-order valence-electron chi connectivity index (χ1n) is 12.0. The zero-order chi connectivity index (χ0) is 25.8. The largest absolute Gasteiger partial charge is 0.493 e. The fraction of sp³-hybridized carbons (Fsp3) is 0.241. The van der Waals surface area contributed by atoms with Crippen LogP contribution >= 0.6 is 0 Å². The van der Waals surface area contributed by atoms with E-state index in [0.717, 1.165) is 11.1 Å². The number of benzene rings is 3. The summed E-state index contributed by atoms with van der Waals surface area (Å²) < 4.78 is 24.6. The number of hydrogen-bond donors (Lipinski definition) is 0. The standard InChI is InChI=1S/C29H29N3O5/c1-31(17-22-19-36-25-11-7-8-12-26(25)37-22)29(33)23-18-32(16-20-9-5-4-6-10-20)30-28(23)21-13-14-24(34-2)27(15-21)35-3/h4-15,18,22H,16-17,19H2,1-3H3/t22-/m0/s1. The summed E-state index contributed by atoms with van der Waals surface area (Å²) in [5.74, 6) is 2.41. The zero-order valence-electron chi connectivity index (χ0n) is 21.1. The number of nitrogens with zero attached hydrogens (tertiary/aromatic N) is 3. The van der Waals surface area contributed by atoms with E-state index in [1.165, 1.54) is 0 Å². The fourth-order valence-corrected chi connectivity index (χ4v) is 4.37. The van der Waals surface area contributed by atoms with Gasteiger partial charge in [-0.2, -0.15) is 5.10 Å². The van der Waals surface area contributed by atoms with Crippen molar-refractivity contribution in [2.45, 2.75) is 12.6 Å². The van der Waals surface area contributed by atoms with Crippen LogP contribution in [0.3, 0.4) is 0 Å². The Morgan fingerprint density at radius 2 is 1.73 bits per heavy atom. The molecule has 8 heteroatoms. The van der Waals surface area contributed by atoms with Gasteiger partial charge in [-0.3, -0.25) is 9.48 Å². The fourth-order valence-electron chi connectivity index (χ4n) is 4.37. The highest BCUT2D eigenvalue weighted by Crippen LogP contribution is 2.34. The lowest BCUT2D eigenvalue weighted by molar-refractivity contribution is 0.0521. The lowest BCUT2D eigenvalue weighted by Gasteiger charge is -2.29. The first kappa shape index (κ1) is 24.2. The average Bonchev–Trinajstić information content (AvgIpc) is 3.36. The molecule has 0 spiro atoms. The third-order valence-corrected chi connectivity index (χ3v) is 6.23. The SMILES string of the molecule is COc1ccc(-c2nn(Cc3ccccc3)cc2C(=O)N(C)C[C@H]2COc3ccccc3O2)cc1OC. The van der Waals surface area contributed by atoms with Gasteiger partial charge in [0.2, 0.25) is 0 Å². The van der Waals surface area contributed by atoms with Crippen molar-refractivity contribution in [1.82, 2.24) is 14.7 Å². The maximum absolute atomic E-state index is 13.7. The zero-order valence-corrected chi connectivity index (χ0v) is 21.1. The van der Waals surface area contributed by atoms with Crippen LogP contribution in [0.25, 0.3) is 11.3 Å². The van der Waals surface area contributed by atoms with Gasteiger partial charge in [0.1, 0.15) is 12.3 Å². The number of methoxy groups -OCH3 is 2. The molecule has 0 fully saturated rings. The van der Waals surface area contributed by atoms with Gasteiger partial charge in [0, 0.05) is 18.8 Å². The predicted octanol–water partition coefficient (Wildman–Crippen LogP) is 4.53. The van der Waals surface area contributed by atoms with Crippen LogP contribution in [0.2, 0.25) is 0 Å². The molecular formula is C29H29N3O5. The minimum atomic E-state index is -0.284. The summed E-state index contributed by atoms with van der Waals surface area (Å²) in [5.41, 5.74) is 2.90. The van der Waals surface area contributed by atoms with Crippen LogP contribution in [0.1, 0.15) is 15.9 Å². The second-order valence-electron chi connectivity index (χ2n) is 8.83. The van der Waals surface area contributed by atoms with Crippen LogP contribution in [0.4, 0.5) is 0 Å². The van der Waals surface area contributed by atoms with Gasteiger partial charge in [-0.15, -0.1) is 0 Å². The van der Waals surface area contributed by atoms with Crippen LogP contribution in [-0.2, 0) is 6.54 Å². The highest BCUT2D eigenvalue weighted by Gasteiger charge is 2.27. The lowest BCUT2D eigenvalue weighted by Crippen LogP contribution is -2.41. The number of aromatic nitrogens is 2. The van der Waals surface area contributed by atoms with E-state index in [2.05, 4.69) is 0 Å².